The Morgan fingerprint density at radius 2 is 2.00 bits per heavy atom. The van der Waals surface area contributed by atoms with Crippen molar-refractivity contribution in [3.05, 3.63) is 36.5 Å². The highest BCUT2D eigenvalue weighted by Gasteiger charge is 2.52. The van der Waals surface area contributed by atoms with E-state index in [9.17, 15) is 0 Å². The molecule has 0 aliphatic carbocycles. The van der Waals surface area contributed by atoms with Gasteiger partial charge in [0.1, 0.15) is 11.4 Å². The average molecular weight is 228 g/mol. The number of hydrogen-bond acceptors (Lipinski definition) is 3. The lowest BCUT2D eigenvalue weighted by molar-refractivity contribution is -0.0336. The number of aliphatic imine (C=N–C) groups is 1. The molecule has 88 valence electrons. The highest BCUT2D eigenvalue weighted by atomic mass is 16.5. The summed E-state index contributed by atoms with van der Waals surface area (Å²) >= 11 is 0. The molecule has 0 aromatic heterocycles. The number of para-hydroxylation sites is 2. The van der Waals surface area contributed by atoms with Crippen molar-refractivity contribution in [3.63, 3.8) is 0 Å². The monoisotopic (exact) mass is 228 g/mol. The molecule has 0 radical (unpaired) electrons. The summed E-state index contributed by atoms with van der Waals surface area (Å²) in [5, 5.41) is 0. The van der Waals surface area contributed by atoms with Crippen LogP contribution in [0.15, 0.2) is 41.5 Å². The number of benzene rings is 1. The minimum absolute atomic E-state index is 0.0984. The Morgan fingerprint density at radius 1 is 1.24 bits per heavy atom. The maximum Gasteiger partial charge on any atom is 0.227 e. The Morgan fingerprint density at radius 3 is 2.71 bits per heavy atom. The molecule has 3 nitrogen and oxygen atoms in total. The van der Waals surface area contributed by atoms with Crippen LogP contribution in [0.3, 0.4) is 0 Å². The van der Waals surface area contributed by atoms with Crippen LogP contribution in [0.25, 0.3) is 0 Å². The molecule has 0 N–H and O–H groups in total. The zero-order valence-corrected chi connectivity index (χ0v) is 10.3. The maximum atomic E-state index is 6.22. The van der Waals surface area contributed by atoms with E-state index in [1.54, 1.807) is 0 Å². The molecule has 0 bridgehead atoms. The SMILES string of the molecule is CN1C=CC(C)(C)C12C=Nc1ccccc1O2. The van der Waals surface area contributed by atoms with E-state index >= 15 is 0 Å². The quantitative estimate of drug-likeness (QED) is 0.682. The third-order valence-electron chi connectivity index (χ3n) is 3.67. The van der Waals surface area contributed by atoms with Crippen LogP contribution in [0.2, 0.25) is 0 Å². The van der Waals surface area contributed by atoms with Gasteiger partial charge in [-0.25, -0.2) is 0 Å². The van der Waals surface area contributed by atoms with E-state index in [4.69, 9.17) is 4.74 Å². The molecule has 0 saturated heterocycles. The van der Waals surface area contributed by atoms with Crippen molar-refractivity contribution in [1.82, 2.24) is 4.90 Å². The first-order valence-electron chi connectivity index (χ1n) is 5.81. The van der Waals surface area contributed by atoms with Gasteiger partial charge in [-0.3, -0.25) is 4.99 Å². The maximum absolute atomic E-state index is 6.22. The second-order valence-electron chi connectivity index (χ2n) is 5.17. The molecule has 1 unspecified atom stereocenters. The predicted molar refractivity (Wildman–Crippen MR) is 68.6 cm³/mol. The van der Waals surface area contributed by atoms with Crippen LogP contribution in [0.1, 0.15) is 13.8 Å². The van der Waals surface area contributed by atoms with Gasteiger partial charge >= 0.3 is 0 Å². The molecule has 0 saturated carbocycles. The fourth-order valence-electron chi connectivity index (χ4n) is 2.44. The second kappa shape index (κ2) is 3.13. The van der Waals surface area contributed by atoms with Gasteiger partial charge in [0.05, 0.1) is 6.21 Å². The van der Waals surface area contributed by atoms with Crippen LogP contribution in [0.5, 0.6) is 5.75 Å². The van der Waals surface area contributed by atoms with Crippen molar-refractivity contribution in [3.8, 4) is 5.75 Å². The third kappa shape index (κ3) is 1.25. The van der Waals surface area contributed by atoms with Gasteiger partial charge in [-0.05, 0) is 18.3 Å². The van der Waals surface area contributed by atoms with E-state index in [2.05, 4.69) is 36.0 Å². The molecule has 1 aromatic rings. The highest BCUT2D eigenvalue weighted by Crippen LogP contribution is 2.46. The first-order valence-corrected chi connectivity index (χ1v) is 5.81. The zero-order valence-electron chi connectivity index (χ0n) is 10.3. The Balaban J connectivity index is 2.10. The first-order chi connectivity index (χ1) is 8.05. The fourth-order valence-corrected chi connectivity index (χ4v) is 2.44. The summed E-state index contributed by atoms with van der Waals surface area (Å²) in [7, 11) is 2.02. The van der Waals surface area contributed by atoms with Crippen molar-refractivity contribution in [2.24, 2.45) is 10.4 Å². The van der Waals surface area contributed by atoms with Crippen molar-refractivity contribution in [2.75, 3.05) is 7.05 Å². The molecular weight excluding hydrogens is 212 g/mol. The topological polar surface area (TPSA) is 24.8 Å². The van der Waals surface area contributed by atoms with Crippen LogP contribution in [-0.2, 0) is 0 Å². The Labute approximate surface area is 101 Å². The van der Waals surface area contributed by atoms with Crippen molar-refractivity contribution < 1.29 is 4.74 Å². The predicted octanol–water partition coefficient (Wildman–Crippen LogP) is 2.96. The summed E-state index contributed by atoms with van der Waals surface area (Å²) in [5.41, 5.74) is 0.300. The number of hydrogen-bond donors (Lipinski definition) is 0. The van der Waals surface area contributed by atoms with Gasteiger partial charge in [0.2, 0.25) is 5.72 Å². The van der Waals surface area contributed by atoms with E-state index in [0.29, 0.717) is 0 Å². The number of fused-ring (bicyclic) bond motifs is 1. The summed E-state index contributed by atoms with van der Waals surface area (Å²) in [5.74, 6) is 0.846. The fraction of sp³-hybridized carbons (Fsp3) is 0.357. The summed E-state index contributed by atoms with van der Waals surface area (Å²) in [4.78, 5) is 6.62. The molecule has 3 heteroatoms. The van der Waals surface area contributed by atoms with Crippen LogP contribution in [-0.4, -0.2) is 23.9 Å². The van der Waals surface area contributed by atoms with Gasteiger partial charge in [0.25, 0.3) is 0 Å². The van der Waals surface area contributed by atoms with Crippen molar-refractivity contribution in [2.45, 2.75) is 19.6 Å². The van der Waals surface area contributed by atoms with Crippen molar-refractivity contribution in [1.29, 1.82) is 0 Å². The van der Waals surface area contributed by atoms with Gasteiger partial charge in [-0.1, -0.05) is 32.1 Å². The zero-order chi connectivity index (χ0) is 12.1. The van der Waals surface area contributed by atoms with Crippen LogP contribution in [0.4, 0.5) is 5.69 Å². The van der Waals surface area contributed by atoms with Crippen LogP contribution < -0.4 is 4.74 Å². The minimum Gasteiger partial charge on any atom is -0.460 e. The Bertz CT molecular complexity index is 519. The van der Waals surface area contributed by atoms with Gasteiger partial charge < -0.3 is 9.64 Å². The molecule has 1 atom stereocenters. The van der Waals surface area contributed by atoms with Gasteiger partial charge in [0, 0.05) is 12.5 Å². The molecule has 1 aromatic carbocycles. The molecule has 1 spiro atoms. The lowest BCUT2D eigenvalue weighted by atomic mass is 9.82. The standard InChI is InChI=1S/C14H16N2O/c1-13(2)8-9-16(3)14(13)10-15-11-6-4-5-7-12(11)17-14/h4-10H,1-3H3. The first kappa shape index (κ1) is 10.4. The molecule has 2 aliphatic heterocycles. The summed E-state index contributed by atoms with van der Waals surface area (Å²) in [6.45, 7) is 4.32. The van der Waals surface area contributed by atoms with E-state index in [0.717, 1.165) is 11.4 Å². The van der Waals surface area contributed by atoms with E-state index in [1.165, 1.54) is 0 Å². The van der Waals surface area contributed by atoms with Crippen LogP contribution >= 0.6 is 0 Å². The Kier molecular flexibility index (Phi) is 1.91. The van der Waals surface area contributed by atoms with Gasteiger partial charge in [0.15, 0.2) is 0 Å². The minimum atomic E-state index is -0.499. The summed E-state index contributed by atoms with van der Waals surface area (Å²) < 4.78 is 6.22. The number of ether oxygens (including phenoxy) is 1. The van der Waals surface area contributed by atoms with E-state index in [-0.39, 0.29) is 5.41 Å². The van der Waals surface area contributed by atoms with Gasteiger partial charge in [-0.2, -0.15) is 0 Å². The summed E-state index contributed by atoms with van der Waals surface area (Å²) in [6, 6.07) is 7.88. The molecular formula is C14H16N2O. The largest absolute Gasteiger partial charge is 0.460 e. The Hall–Kier alpha value is -1.77. The third-order valence-corrected chi connectivity index (χ3v) is 3.67. The van der Waals surface area contributed by atoms with Gasteiger partial charge in [-0.15, -0.1) is 0 Å². The lowest BCUT2D eigenvalue weighted by Crippen LogP contribution is -2.57. The second-order valence-corrected chi connectivity index (χ2v) is 5.17. The highest BCUT2D eigenvalue weighted by molar-refractivity contribution is 5.79. The molecule has 0 fully saturated rings. The van der Waals surface area contributed by atoms with E-state index in [1.807, 2.05) is 37.5 Å². The molecule has 3 rings (SSSR count). The average Bonchev–Trinajstić information content (AvgIpc) is 2.54. The summed E-state index contributed by atoms with van der Waals surface area (Å²) in [6.07, 6.45) is 6.13. The molecule has 17 heavy (non-hydrogen) atoms. The smallest absolute Gasteiger partial charge is 0.227 e. The van der Waals surface area contributed by atoms with E-state index < -0.39 is 5.72 Å². The molecule has 2 aliphatic rings. The molecule has 0 amide bonds. The number of nitrogens with zero attached hydrogens (tertiary/aromatic N) is 2. The normalized spacial score (nSPS) is 28.3. The lowest BCUT2D eigenvalue weighted by Gasteiger charge is -2.44. The number of rotatable bonds is 0. The van der Waals surface area contributed by atoms with Crippen molar-refractivity contribution >= 4 is 11.9 Å². The molecule has 2 heterocycles. The van der Waals surface area contributed by atoms with Crippen LogP contribution in [0, 0.1) is 5.41 Å².